The molecule has 1 heterocycles. The van der Waals surface area contributed by atoms with Crippen molar-refractivity contribution in [2.24, 2.45) is 5.41 Å². The van der Waals surface area contributed by atoms with Gasteiger partial charge in [0.25, 0.3) is 0 Å². The predicted molar refractivity (Wildman–Crippen MR) is 118 cm³/mol. The van der Waals surface area contributed by atoms with Crippen molar-refractivity contribution >= 4 is 5.69 Å². The Bertz CT molecular complexity index is 931. The van der Waals surface area contributed by atoms with Crippen LogP contribution in [0.3, 0.4) is 0 Å². The molecule has 2 atom stereocenters. The normalized spacial score (nSPS) is 17.8. The Labute approximate surface area is 182 Å². The van der Waals surface area contributed by atoms with Gasteiger partial charge >= 0.3 is 6.18 Å². The van der Waals surface area contributed by atoms with E-state index in [0.29, 0.717) is 17.7 Å². The minimum atomic E-state index is -4.36. The van der Waals surface area contributed by atoms with Gasteiger partial charge in [0.1, 0.15) is 11.9 Å². The molecule has 3 rings (SSSR count). The second kappa shape index (κ2) is 8.05. The van der Waals surface area contributed by atoms with Gasteiger partial charge in [0, 0.05) is 30.6 Å². The zero-order valence-electron chi connectivity index (χ0n) is 19.0. The molecule has 1 aliphatic rings. The summed E-state index contributed by atoms with van der Waals surface area (Å²) in [6.45, 7) is 9.90. The number of alkyl halides is 3. The Morgan fingerprint density at radius 2 is 1.77 bits per heavy atom. The molecule has 0 saturated carbocycles. The topological polar surface area (TPSA) is 32.7 Å². The van der Waals surface area contributed by atoms with Gasteiger partial charge in [-0.15, -0.1) is 0 Å². The minimum absolute atomic E-state index is 0.0822. The third-order valence-electron chi connectivity index (χ3n) is 6.98. The van der Waals surface area contributed by atoms with Crippen molar-refractivity contribution in [3.05, 3.63) is 59.2 Å². The highest BCUT2D eigenvalue weighted by Gasteiger charge is 2.43. The van der Waals surface area contributed by atoms with Crippen molar-refractivity contribution in [1.82, 2.24) is 0 Å². The summed E-state index contributed by atoms with van der Waals surface area (Å²) in [6, 6.07) is 11.7. The molecule has 2 aromatic carbocycles. The van der Waals surface area contributed by atoms with Gasteiger partial charge in [0.2, 0.25) is 0 Å². The quantitative estimate of drug-likeness (QED) is 0.570. The maximum atomic E-state index is 13.0. The summed E-state index contributed by atoms with van der Waals surface area (Å²) in [5, 5.41) is 10.7. The van der Waals surface area contributed by atoms with Crippen molar-refractivity contribution in [2.45, 2.75) is 71.4 Å². The first-order chi connectivity index (χ1) is 14.3. The summed E-state index contributed by atoms with van der Waals surface area (Å²) in [4.78, 5) is 2.17. The third kappa shape index (κ3) is 4.54. The fraction of sp³-hybridized carbons (Fsp3) is 0.520. The minimum Gasteiger partial charge on any atom is -0.485 e. The summed E-state index contributed by atoms with van der Waals surface area (Å²) < 4.78 is 45.1. The molecule has 6 heteroatoms. The van der Waals surface area contributed by atoms with E-state index in [1.54, 1.807) is 0 Å². The lowest BCUT2D eigenvalue weighted by atomic mass is 9.70. The van der Waals surface area contributed by atoms with Gasteiger partial charge in [-0.3, -0.25) is 0 Å². The first-order valence-electron chi connectivity index (χ1n) is 10.7. The number of hydrogen-bond donors (Lipinski definition) is 1. The van der Waals surface area contributed by atoms with Gasteiger partial charge < -0.3 is 14.7 Å². The van der Waals surface area contributed by atoms with Gasteiger partial charge in [0.05, 0.1) is 11.2 Å². The van der Waals surface area contributed by atoms with Crippen LogP contribution in [-0.4, -0.2) is 23.8 Å². The summed E-state index contributed by atoms with van der Waals surface area (Å²) in [7, 11) is 2.01. The van der Waals surface area contributed by atoms with Crippen LogP contribution in [0.5, 0.6) is 5.75 Å². The van der Waals surface area contributed by atoms with E-state index >= 15 is 0 Å². The van der Waals surface area contributed by atoms with Crippen molar-refractivity contribution in [3.63, 3.8) is 0 Å². The highest BCUT2D eigenvalue weighted by atomic mass is 19.4. The number of nitrogens with zero attached hydrogens (tertiary/aromatic N) is 1. The fourth-order valence-electron chi connectivity index (χ4n) is 4.41. The SMILES string of the molecule is CCC(N(C)c1cccc(C2Cc3cc(C(F)(F)F)ccc3O2)c1)C(C)(C)C(C)(C)O. The molecule has 170 valence electrons. The van der Waals surface area contributed by atoms with Crippen LogP contribution in [0.15, 0.2) is 42.5 Å². The molecule has 2 unspecified atom stereocenters. The van der Waals surface area contributed by atoms with Crippen LogP contribution in [0, 0.1) is 5.41 Å². The largest absolute Gasteiger partial charge is 0.485 e. The summed E-state index contributed by atoms with van der Waals surface area (Å²) in [5.74, 6) is 0.506. The number of benzene rings is 2. The Kier molecular flexibility index (Phi) is 6.09. The first kappa shape index (κ1) is 23.5. The smallest absolute Gasteiger partial charge is 0.416 e. The molecule has 0 saturated heterocycles. The number of aliphatic hydroxyl groups is 1. The highest BCUT2D eigenvalue weighted by molar-refractivity contribution is 5.51. The predicted octanol–water partition coefficient (Wildman–Crippen LogP) is 6.39. The van der Waals surface area contributed by atoms with E-state index in [9.17, 15) is 18.3 Å². The zero-order valence-corrected chi connectivity index (χ0v) is 19.0. The summed E-state index contributed by atoms with van der Waals surface area (Å²) in [5.41, 5.74) is 0.589. The molecular formula is C25H32F3NO2. The highest BCUT2D eigenvalue weighted by Crippen LogP contribution is 2.42. The van der Waals surface area contributed by atoms with Crippen LogP contribution in [-0.2, 0) is 12.6 Å². The second-order valence-electron chi connectivity index (χ2n) is 9.54. The molecule has 31 heavy (non-hydrogen) atoms. The molecule has 0 amide bonds. The molecule has 0 fully saturated rings. The third-order valence-corrected chi connectivity index (χ3v) is 6.98. The Morgan fingerprint density at radius 1 is 1.10 bits per heavy atom. The average molecular weight is 436 g/mol. The lowest BCUT2D eigenvalue weighted by molar-refractivity contribution is -0.137. The van der Waals surface area contributed by atoms with Gasteiger partial charge in [-0.2, -0.15) is 13.2 Å². The maximum absolute atomic E-state index is 13.0. The standard InChI is InChI=1S/C25H32F3NO2/c1-7-22(23(2,3)24(4,5)30)29(6)19-10-8-9-16(14-19)21-15-17-13-18(25(26,27)28)11-12-20(17)31-21/h8-14,21-22,30H,7,15H2,1-6H3. The number of ether oxygens (including phenoxy) is 1. The molecule has 0 spiro atoms. The Balaban J connectivity index is 1.85. The van der Waals surface area contributed by atoms with Gasteiger partial charge in [-0.05, 0) is 61.7 Å². The van der Waals surface area contributed by atoms with E-state index in [-0.39, 0.29) is 17.6 Å². The number of anilines is 1. The summed E-state index contributed by atoms with van der Waals surface area (Å²) >= 11 is 0. The molecule has 0 bridgehead atoms. The fourth-order valence-corrected chi connectivity index (χ4v) is 4.41. The van der Waals surface area contributed by atoms with E-state index in [0.717, 1.165) is 23.7 Å². The number of rotatable bonds is 6. The van der Waals surface area contributed by atoms with E-state index in [1.807, 2.05) is 45.2 Å². The second-order valence-corrected chi connectivity index (χ2v) is 9.54. The van der Waals surface area contributed by atoms with Gasteiger partial charge in [-0.1, -0.05) is 32.9 Å². The van der Waals surface area contributed by atoms with E-state index in [2.05, 4.69) is 25.7 Å². The Morgan fingerprint density at radius 3 is 2.35 bits per heavy atom. The molecule has 1 aliphatic heterocycles. The first-order valence-corrected chi connectivity index (χ1v) is 10.7. The van der Waals surface area contributed by atoms with Gasteiger partial charge in [-0.25, -0.2) is 0 Å². The van der Waals surface area contributed by atoms with Crippen LogP contribution in [0.4, 0.5) is 18.9 Å². The number of halogens is 3. The molecule has 3 nitrogen and oxygen atoms in total. The van der Waals surface area contributed by atoms with E-state index < -0.39 is 17.3 Å². The Hall–Kier alpha value is -2.21. The van der Waals surface area contributed by atoms with E-state index in [1.165, 1.54) is 12.1 Å². The number of hydrogen-bond acceptors (Lipinski definition) is 3. The van der Waals surface area contributed by atoms with Crippen molar-refractivity contribution in [2.75, 3.05) is 11.9 Å². The monoisotopic (exact) mass is 435 g/mol. The van der Waals surface area contributed by atoms with Crippen LogP contribution >= 0.6 is 0 Å². The lowest BCUT2D eigenvalue weighted by Gasteiger charge is -2.48. The lowest BCUT2D eigenvalue weighted by Crippen LogP contribution is -2.53. The average Bonchev–Trinajstić information content (AvgIpc) is 3.10. The maximum Gasteiger partial charge on any atom is 0.416 e. The molecule has 1 N–H and O–H groups in total. The molecule has 0 aliphatic carbocycles. The van der Waals surface area contributed by atoms with Crippen LogP contribution in [0.25, 0.3) is 0 Å². The van der Waals surface area contributed by atoms with Crippen molar-refractivity contribution in [1.29, 1.82) is 0 Å². The summed E-state index contributed by atoms with van der Waals surface area (Å²) in [6.07, 6.45) is -3.44. The number of fused-ring (bicyclic) bond motifs is 1. The molecule has 0 aromatic heterocycles. The molecule has 0 radical (unpaired) electrons. The molecule has 2 aromatic rings. The zero-order chi connectivity index (χ0) is 23.2. The van der Waals surface area contributed by atoms with Crippen LogP contribution in [0.2, 0.25) is 0 Å². The van der Waals surface area contributed by atoms with Crippen LogP contribution < -0.4 is 9.64 Å². The van der Waals surface area contributed by atoms with Crippen molar-refractivity contribution in [3.8, 4) is 5.75 Å². The van der Waals surface area contributed by atoms with Crippen LogP contribution in [0.1, 0.15) is 63.8 Å². The molecular weight excluding hydrogens is 403 g/mol. The van der Waals surface area contributed by atoms with Gasteiger partial charge in [0.15, 0.2) is 0 Å². The van der Waals surface area contributed by atoms with E-state index in [4.69, 9.17) is 4.74 Å². The van der Waals surface area contributed by atoms with Crippen molar-refractivity contribution < 1.29 is 23.0 Å².